The molecule has 1 atom stereocenters. The first-order valence-electron chi connectivity index (χ1n) is 12.2. The number of hydrogen-bond acceptors (Lipinski definition) is 8. The number of alkyl halides is 2. The molecular formula is C26H32ClF3N8. The summed E-state index contributed by atoms with van der Waals surface area (Å²) in [4.78, 5) is 12.6. The van der Waals surface area contributed by atoms with Gasteiger partial charge in [-0.15, -0.1) is 0 Å². The van der Waals surface area contributed by atoms with E-state index in [-0.39, 0.29) is 24.0 Å². The van der Waals surface area contributed by atoms with E-state index in [0.717, 1.165) is 5.01 Å². The van der Waals surface area contributed by atoms with Gasteiger partial charge in [0, 0.05) is 35.1 Å². The Labute approximate surface area is 224 Å². The van der Waals surface area contributed by atoms with Crippen LogP contribution in [0, 0.1) is 18.3 Å². The predicted molar refractivity (Wildman–Crippen MR) is 144 cm³/mol. The summed E-state index contributed by atoms with van der Waals surface area (Å²) >= 11 is 6.60. The van der Waals surface area contributed by atoms with Crippen LogP contribution in [-0.4, -0.2) is 38.5 Å². The van der Waals surface area contributed by atoms with Gasteiger partial charge < -0.3 is 21.4 Å². The molecule has 0 amide bonds. The lowest BCUT2D eigenvalue weighted by atomic mass is 9.97. The molecule has 6 N–H and O–H groups in total. The van der Waals surface area contributed by atoms with Crippen LogP contribution in [-0.2, 0) is 0 Å². The van der Waals surface area contributed by atoms with Crippen LogP contribution in [0.15, 0.2) is 42.5 Å². The van der Waals surface area contributed by atoms with Gasteiger partial charge in [0.05, 0.1) is 22.3 Å². The number of nitrogens with one attached hydrogen (secondary N) is 2. The zero-order valence-corrected chi connectivity index (χ0v) is 22.5. The maximum absolute atomic E-state index is 13.8. The standard InChI is InChI=1S/C26H32ClF3N8/c1-14-16(5-6-20(28)36-14)22(19(31)11-38(32)26(7-8-26)24(29)30)37-15-9-17-21(18(27)10-15)34-13-35-23(17)33-12-25(2,3)4/h5-6,9-11,13,22,24,37H,7-8,12,31-32H2,1-4H3,(H,33,34,35)/b19-11-. The molecule has 1 aliphatic rings. The summed E-state index contributed by atoms with van der Waals surface area (Å²) in [6, 6.07) is 5.46. The number of benzene rings is 1. The highest BCUT2D eigenvalue weighted by atomic mass is 35.5. The average Bonchev–Trinajstić information content (AvgIpc) is 3.64. The number of hydrogen-bond donors (Lipinski definition) is 4. The van der Waals surface area contributed by atoms with E-state index < -0.39 is 24.0 Å². The second-order valence-corrected chi connectivity index (χ2v) is 11.2. The van der Waals surface area contributed by atoms with E-state index in [9.17, 15) is 13.2 Å². The van der Waals surface area contributed by atoms with E-state index in [1.807, 2.05) is 6.07 Å². The molecular weight excluding hydrogens is 517 g/mol. The van der Waals surface area contributed by atoms with E-state index in [0.29, 0.717) is 45.2 Å². The third-order valence-electron chi connectivity index (χ3n) is 6.50. The quantitative estimate of drug-likeness (QED) is 0.157. The molecule has 3 aromatic rings. The number of nitrogens with two attached hydrogens (primary N) is 2. The van der Waals surface area contributed by atoms with Crippen molar-refractivity contribution in [3.8, 4) is 0 Å². The molecule has 38 heavy (non-hydrogen) atoms. The maximum atomic E-state index is 13.8. The molecule has 0 saturated heterocycles. The number of hydrazine groups is 1. The van der Waals surface area contributed by atoms with Gasteiger partial charge in [-0.3, -0.25) is 0 Å². The van der Waals surface area contributed by atoms with E-state index in [1.54, 1.807) is 19.1 Å². The summed E-state index contributed by atoms with van der Waals surface area (Å²) in [7, 11) is 0. The average molecular weight is 549 g/mol. The van der Waals surface area contributed by atoms with Gasteiger partial charge in [0.2, 0.25) is 5.95 Å². The Hall–Kier alpha value is -3.31. The summed E-state index contributed by atoms with van der Waals surface area (Å²) < 4.78 is 41.1. The molecule has 0 bridgehead atoms. The monoisotopic (exact) mass is 548 g/mol. The summed E-state index contributed by atoms with van der Waals surface area (Å²) in [5.74, 6) is 5.98. The molecule has 1 saturated carbocycles. The number of nitrogens with zero attached hydrogens (tertiary/aromatic N) is 4. The van der Waals surface area contributed by atoms with Crippen LogP contribution in [0.25, 0.3) is 10.9 Å². The SMILES string of the molecule is Cc1nc(F)ccc1C(Nc1cc(Cl)c2ncnc(NCC(C)(C)C)c2c1)/C(N)=C/N(N)C1(C(F)F)CC1. The Morgan fingerprint density at radius 3 is 2.55 bits per heavy atom. The second kappa shape index (κ2) is 10.5. The summed E-state index contributed by atoms with van der Waals surface area (Å²) in [6.45, 7) is 8.59. The third-order valence-corrected chi connectivity index (χ3v) is 6.79. The van der Waals surface area contributed by atoms with Gasteiger partial charge in [0.1, 0.15) is 17.7 Å². The van der Waals surface area contributed by atoms with Gasteiger partial charge in [0.25, 0.3) is 6.43 Å². The van der Waals surface area contributed by atoms with E-state index in [2.05, 4.69) is 46.4 Å². The molecule has 2 aromatic heterocycles. The summed E-state index contributed by atoms with van der Waals surface area (Å²) in [5, 5.41) is 8.67. The fourth-order valence-corrected chi connectivity index (χ4v) is 4.40. The fraction of sp³-hybridized carbons (Fsp3) is 0.423. The first kappa shape index (κ1) is 27.7. The van der Waals surface area contributed by atoms with Crippen LogP contribution in [0.3, 0.4) is 0 Å². The molecule has 0 radical (unpaired) electrons. The molecule has 2 heterocycles. The number of aromatic nitrogens is 3. The normalized spacial score (nSPS) is 16.0. The Balaban J connectivity index is 1.75. The van der Waals surface area contributed by atoms with Crippen molar-refractivity contribution < 1.29 is 13.2 Å². The van der Waals surface area contributed by atoms with Gasteiger partial charge in [-0.1, -0.05) is 38.4 Å². The van der Waals surface area contributed by atoms with Gasteiger partial charge in [-0.2, -0.15) is 4.39 Å². The van der Waals surface area contributed by atoms with Crippen LogP contribution in [0.5, 0.6) is 0 Å². The highest BCUT2D eigenvalue weighted by Gasteiger charge is 2.54. The van der Waals surface area contributed by atoms with Gasteiger partial charge in [0.15, 0.2) is 0 Å². The molecule has 0 aliphatic heterocycles. The molecule has 0 spiro atoms. The van der Waals surface area contributed by atoms with Gasteiger partial charge in [-0.05, 0) is 43.4 Å². The van der Waals surface area contributed by atoms with Crippen LogP contribution in [0.1, 0.15) is 50.9 Å². The number of rotatable bonds is 9. The number of anilines is 2. The van der Waals surface area contributed by atoms with Crippen LogP contribution < -0.4 is 22.2 Å². The fourth-order valence-electron chi connectivity index (χ4n) is 4.13. The van der Waals surface area contributed by atoms with Crippen molar-refractivity contribution in [3.63, 3.8) is 0 Å². The Kier molecular flexibility index (Phi) is 7.62. The van der Waals surface area contributed by atoms with Crippen molar-refractivity contribution in [2.75, 3.05) is 17.2 Å². The van der Waals surface area contributed by atoms with Crippen molar-refractivity contribution in [3.05, 3.63) is 64.7 Å². The minimum absolute atomic E-state index is 0.000374. The number of pyridine rings is 1. The molecule has 8 nitrogen and oxygen atoms in total. The zero-order chi connectivity index (χ0) is 27.8. The van der Waals surface area contributed by atoms with E-state index in [1.165, 1.54) is 18.6 Å². The van der Waals surface area contributed by atoms with Crippen LogP contribution >= 0.6 is 11.6 Å². The lowest BCUT2D eigenvalue weighted by molar-refractivity contribution is 0.0305. The Morgan fingerprint density at radius 1 is 1.24 bits per heavy atom. The predicted octanol–water partition coefficient (Wildman–Crippen LogP) is 5.51. The molecule has 1 unspecified atom stereocenters. The molecule has 12 heteroatoms. The largest absolute Gasteiger partial charge is 0.399 e. The number of halogens is 4. The van der Waals surface area contributed by atoms with E-state index in [4.69, 9.17) is 23.2 Å². The Morgan fingerprint density at radius 2 is 1.95 bits per heavy atom. The lowest BCUT2D eigenvalue weighted by Crippen LogP contribution is -2.44. The van der Waals surface area contributed by atoms with Crippen molar-refractivity contribution in [1.82, 2.24) is 20.0 Å². The second-order valence-electron chi connectivity index (χ2n) is 10.8. The highest BCUT2D eigenvalue weighted by Crippen LogP contribution is 2.45. The van der Waals surface area contributed by atoms with Crippen molar-refractivity contribution >= 4 is 34.0 Å². The molecule has 204 valence electrons. The van der Waals surface area contributed by atoms with Crippen molar-refractivity contribution in [2.24, 2.45) is 17.0 Å². The van der Waals surface area contributed by atoms with Crippen molar-refractivity contribution in [2.45, 2.75) is 58.5 Å². The third kappa shape index (κ3) is 5.88. The molecule has 1 fully saturated rings. The first-order chi connectivity index (χ1) is 17.8. The number of fused-ring (bicyclic) bond motifs is 1. The van der Waals surface area contributed by atoms with Gasteiger partial charge >= 0.3 is 0 Å². The molecule has 4 rings (SSSR count). The smallest absolute Gasteiger partial charge is 0.262 e. The highest BCUT2D eigenvalue weighted by molar-refractivity contribution is 6.35. The van der Waals surface area contributed by atoms with E-state index >= 15 is 0 Å². The Bertz CT molecular complexity index is 1350. The van der Waals surface area contributed by atoms with Crippen LogP contribution in [0.4, 0.5) is 24.7 Å². The van der Waals surface area contributed by atoms with Gasteiger partial charge in [-0.25, -0.2) is 29.6 Å². The summed E-state index contributed by atoms with van der Waals surface area (Å²) in [6.07, 6.45) is 0.614. The maximum Gasteiger partial charge on any atom is 0.262 e. The first-order valence-corrected chi connectivity index (χ1v) is 12.6. The lowest BCUT2D eigenvalue weighted by Gasteiger charge is -2.28. The number of aryl methyl sites for hydroxylation is 1. The topological polar surface area (TPSA) is 118 Å². The van der Waals surface area contributed by atoms with Crippen molar-refractivity contribution in [1.29, 1.82) is 0 Å². The van der Waals surface area contributed by atoms with Crippen LogP contribution in [0.2, 0.25) is 5.02 Å². The minimum Gasteiger partial charge on any atom is -0.399 e. The molecule has 1 aliphatic carbocycles. The molecule has 1 aromatic carbocycles. The zero-order valence-electron chi connectivity index (χ0n) is 21.7. The minimum atomic E-state index is -2.63. The summed E-state index contributed by atoms with van der Waals surface area (Å²) in [5.41, 5.74) is 7.18.